The van der Waals surface area contributed by atoms with Gasteiger partial charge >= 0.3 is 5.97 Å². The van der Waals surface area contributed by atoms with E-state index in [1.807, 2.05) is 20.8 Å². The summed E-state index contributed by atoms with van der Waals surface area (Å²) < 4.78 is 7.00. The lowest BCUT2D eigenvalue weighted by molar-refractivity contribution is -0.161. The van der Waals surface area contributed by atoms with E-state index in [-0.39, 0.29) is 5.97 Å². The lowest BCUT2D eigenvalue weighted by Gasteiger charge is -2.27. The molecule has 6 heteroatoms. The number of carbonyl (C=O) groups is 1. The molecule has 2 aromatic rings. The summed E-state index contributed by atoms with van der Waals surface area (Å²) in [6, 6.07) is 3.41. The predicted molar refractivity (Wildman–Crippen MR) is 76.9 cm³/mol. The molecule has 0 spiro atoms. The van der Waals surface area contributed by atoms with Gasteiger partial charge in [-0.2, -0.15) is 5.10 Å². The second-order valence-electron chi connectivity index (χ2n) is 6.21. The first-order valence-corrected chi connectivity index (χ1v) is 6.73. The fourth-order valence-electron chi connectivity index (χ4n) is 1.67. The molecule has 2 heterocycles. The first-order chi connectivity index (χ1) is 9.09. The second kappa shape index (κ2) is 4.74. The van der Waals surface area contributed by atoms with E-state index in [9.17, 15) is 4.79 Å². The van der Waals surface area contributed by atoms with Crippen LogP contribution in [0.2, 0.25) is 5.15 Å². The molecule has 0 aliphatic rings. The Labute approximate surface area is 122 Å². The highest BCUT2D eigenvalue weighted by Gasteiger charge is 2.36. The topological polar surface area (TPSA) is 56.5 Å². The minimum atomic E-state index is -0.854. The fraction of sp³-hybridized carbons (Fsp3) is 0.500. The molecule has 0 unspecified atom stereocenters. The van der Waals surface area contributed by atoms with Crippen molar-refractivity contribution in [3.8, 4) is 0 Å². The summed E-state index contributed by atoms with van der Waals surface area (Å²) in [5, 5.41) is 4.48. The van der Waals surface area contributed by atoms with E-state index in [0.29, 0.717) is 16.5 Å². The summed E-state index contributed by atoms with van der Waals surface area (Å²) in [6.45, 7) is 9.08. The van der Waals surface area contributed by atoms with Crippen molar-refractivity contribution >= 4 is 23.2 Å². The molecule has 0 amide bonds. The van der Waals surface area contributed by atoms with E-state index < -0.39 is 11.0 Å². The Kier molecular flexibility index (Phi) is 3.50. The molecule has 5 nitrogen and oxygen atoms in total. The summed E-state index contributed by atoms with van der Waals surface area (Å²) in [5.41, 5.74) is -0.148. The van der Waals surface area contributed by atoms with Crippen molar-refractivity contribution in [3.05, 3.63) is 29.2 Å². The zero-order valence-corrected chi connectivity index (χ0v) is 13.0. The monoisotopic (exact) mass is 295 g/mol. The molecule has 0 aliphatic heterocycles. The van der Waals surface area contributed by atoms with Gasteiger partial charge in [0, 0.05) is 0 Å². The molecular formula is C14H18ClN3O2. The number of nitrogens with zero attached hydrogens (tertiary/aromatic N) is 3. The van der Waals surface area contributed by atoms with Crippen molar-refractivity contribution in [3.63, 3.8) is 0 Å². The Morgan fingerprint density at radius 3 is 2.50 bits per heavy atom. The van der Waals surface area contributed by atoms with Crippen LogP contribution in [0.15, 0.2) is 18.3 Å². The number of imidazole rings is 1. The fourth-order valence-corrected chi connectivity index (χ4v) is 1.81. The molecule has 0 fully saturated rings. The molecule has 2 aromatic heterocycles. The predicted octanol–water partition coefficient (Wildman–Crippen LogP) is 3.00. The minimum absolute atomic E-state index is 0.320. The molecule has 0 saturated carbocycles. The zero-order chi connectivity index (χ0) is 15.1. The highest BCUT2D eigenvalue weighted by atomic mass is 35.5. The van der Waals surface area contributed by atoms with Crippen LogP contribution in [-0.4, -0.2) is 26.2 Å². The number of halogens is 1. The van der Waals surface area contributed by atoms with Gasteiger partial charge in [-0.3, -0.25) is 4.79 Å². The van der Waals surface area contributed by atoms with Gasteiger partial charge < -0.3 is 4.74 Å². The standard InChI is InChI=1S/C14H18ClN3O2/c1-13(2,3)20-12(19)14(4,5)9-8-18-11(16-9)7-6-10(15)17-18/h6-8H,1-5H3. The van der Waals surface area contributed by atoms with E-state index in [4.69, 9.17) is 16.3 Å². The molecule has 0 aliphatic carbocycles. The SMILES string of the molecule is CC(C)(C)OC(=O)C(C)(C)c1cn2nc(Cl)ccc2n1. The molecule has 0 aromatic carbocycles. The molecule has 0 N–H and O–H groups in total. The van der Waals surface area contributed by atoms with Gasteiger partial charge in [0.05, 0.1) is 11.9 Å². The Balaban J connectivity index is 2.38. The van der Waals surface area contributed by atoms with Crippen molar-refractivity contribution in [2.45, 2.75) is 45.6 Å². The first-order valence-electron chi connectivity index (χ1n) is 6.35. The van der Waals surface area contributed by atoms with Gasteiger partial charge in [0.2, 0.25) is 0 Å². The molecule has 108 valence electrons. The molecule has 2 rings (SSSR count). The Morgan fingerprint density at radius 2 is 1.90 bits per heavy atom. The number of aromatic nitrogens is 3. The van der Waals surface area contributed by atoms with Gasteiger partial charge in [0.1, 0.15) is 16.2 Å². The van der Waals surface area contributed by atoms with Crippen molar-refractivity contribution in [1.82, 2.24) is 14.6 Å². The average molecular weight is 296 g/mol. The van der Waals surface area contributed by atoms with Crippen LogP contribution in [0.1, 0.15) is 40.3 Å². The van der Waals surface area contributed by atoms with E-state index in [2.05, 4.69) is 10.1 Å². The Bertz CT molecular complexity index is 656. The normalized spacial score (nSPS) is 12.7. The summed E-state index contributed by atoms with van der Waals surface area (Å²) in [7, 11) is 0. The van der Waals surface area contributed by atoms with Crippen LogP contribution in [0, 0.1) is 0 Å². The number of carbonyl (C=O) groups excluding carboxylic acids is 1. The van der Waals surface area contributed by atoms with Gasteiger partial charge in [-0.05, 0) is 46.8 Å². The molecule has 0 atom stereocenters. The quantitative estimate of drug-likeness (QED) is 0.799. The number of rotatable bonds is 2. The third-order valence-corrected chi connectivity index (χ3v) is 3.04. The minimum Gasteiger partial charge on any atom is -0.459 e. The number of hydrogen-bond donors (Lipinski definition) is 0. The van der Waals surface area contributed by atoms with Gasteiger partial charge in [-0.1, -0.05) is 11.6 Å². The molecule has 0 bridgehead atoms. The highest BCUT2D eigenvalue weighted by Crippen LogP contribution is 2.26. The smallest absolute Gasteiger partial charge is 0.318 e. The van der Waals surface area contributed by atoms with E-state index >= 15 is 0 Å². The summed E-state index contributed by atoms with van der Waals surface area (Å²) in [6.07, 6.45) is 1.70. The number of hydrogen-bond acceptors (Lipinski definition) is 4. The van der Waals surface area contributed by atoms with Crippen LogP contribution in [-0.2, 0) is 14.9 Å². The Hall–Kier alpha value is -1.62. The van der Waals surface area contributed by atoms with E-state index in [0.717, 1.165) is 0 Å². The Morgan fingerprint density at radius 1 is 1.25 bits per heavy atom. The molecule has 20 heavy (non-hydrogen) atoms. The van der Waals surface area contributed by atoms with Crippen LogP contribution < -0.4 is 0 Å². The summed E-state index contributed by atoms with van der Waals surface area (Å²) in [4.78, 5) is 16.7. The van der Waals surface area contributed by atoms with Gasteiger partial charge in [0.25, 0.3) is 0 Å². The van der Waals surface area contributed by atoms with Crippen molar-refractivity contribution in [2.75, 3.05) is 0 Å². The van der Waals surface area contributed by atoms with Crippen LogP contribution in [0.3, 0.4) is 0 Å². The van der Waals surface area contributed by atoms with Crippen LogP contribution in [0.5, 0.6) is 0 Å². The number of fused-ring (bicyclic) bond motifs is 1. The third kappa shape index (κ3) is 2.93. The van der Waals surface area contributed by atoms with Crippen LogP contribution in [0.4, 0.5) is 0 Å². The largest absolute Gasteiger partial charge is 0.459 e. The van der Waals surface area contributed by atoms with Gasteiger partial charge in [-0.25, -0.2) is 9.50 Å². The van der Waals surface area contributed by atoms with Gasteiger partial charge in [0.15, 0.2) is 5.65 Å². The van der Waals surface area contributed by atoms with E-state index in [1.54, 1.807) is 36.7 Å². The maximum atomic E-state index is 12.3. The molecular weight excluding hydrogens is 278 g/mol. The maximum absolute atomic E-state index is 12.3. The van der Waals surface area contributed by atoms with Crippen molar-refractivity contribution < 1.29 is 9.53 Å². The maximum Gasteiger partial charge on any atom is 0.318 e. The summed E-state index contributed by atoms with van der Waals surface area (Å²) in [5.74, 6) is -0.320. The lowest BCUT2D eigenvalue weighted by atomic mass is 9.90. The summed E-state index contributed by atoms with van der Waals surface area (Å²) >= 11 is 5.84. The van der Waals surface area contributed by atoms with Crippen molar-refractivity contribution in [1.29, 1.82) is 0 Å². The second-order valence-corrected chi connectivity index (χ2v) is 6.60. The molecule has 0 radical (unpaired) electrons. The molecule has 0 saturated heterocycles. The first kappa shape index (κ1) is 14.8. The van der Waals surface area contributed by atoms with Crippen LogP contribution >= 0.6 is 11.6 Å². The number of esters is 1. The third-order valence-electron chi connectivity index (χ3n) is 2.84. The highest BCUT2D eigenvalue weighted by molar-refractivity contribution is 6.29. The van der Waals surface area contributed by atoms with Crippen LogP contribution in [0.25, 0.3) is 5.65 Å². The number of ether oxygens (including phenoxy) is 1. The van der Waals surface area contributed by atoms with E-state index in [1.165, 1.54) is 0 Å². The lowest BCUT2D eigenvalue weighted by Crippen LogP contribution is -2.37. The average Bonchev–Trinajstić information content (AvgIpc) is 2.69. The van der Waals surface area contributed by atoms with Gasteiger partial charge in [-0.15, -0.1) is 0 Å². The zero-order valence-electron chi connectivity index (χ0n) is 12.3. The van der Waals surface area contributed by atoms with Crippen molar-refractivity contribution in [2.24, 2.45) is 0 Å².